The van der Waals surface area contributed by atoms with E-state index in [1.54, 1.807) is 0 Å². The standard InChI is InChI=1S/C25H25F7N4O3/c1-35(19-4-2-18(26)3-5-19)23(37)39-22-20(12-17(24(27,28)29)13-21(22)25(30,31)32)16(14-33)15-34-6-7-36-8-10-38-11-9-36/h2-5,12-15,33-34H,6-11H2,1H3/b16-15+,33-14?. The topological polar surface area (TPSA) is 77.9 Å². The highest BCUT2D eigenvalue weighted by molar-refractivity contribution is 6.10. The van der Waals surface area contributed by atoms with Gasteiger partial charge in [-0.3, -0.25) is 9.80 Å². The zero-order chi connectivity index (χ0) is 28.8. The molecule has 1 amide bonds. The number of hydrogen-bond donors (Lipinski definition) is 2. The quantitative estimate of drug-likeness (QED) is 0.256. The predicted octanol–water partition coefficient (Wildman–Crippen LogP) is 5.41. The van der Waals surface area contributed by atoms with Crippen molar-refractivity contribution in [3.05, 3.63) is 65.1 Å². The second kappa shape index (κ2) is 12.5. The van der Waals surface area contributed by atoms with Crippen LogP contribution in [0.25, 0.3) is 5.57 Å². The third kappa shape index (κ3) is 7.93. The van der Waals surface area contributed by atoms with Gasteiger partial charge in [0.15, 0.2) is 5.75 Å². The molecule has 3 rings (SSSR count). The molecule has 2 aromatic carbocycles. The van der Waals surface area contributed by atoms with Gasteiger partial charge in [0.1, 0.15) is 5.82 Å². The summed E-state index contributed by atoms with van der Waals surface area (Å²) >= 11 is 0. The van der Waals surface area contributed by atoms with E-state index >= 15 is 0 Å². The van der Waals surface area contributed by atoms with Gasteiger partial charge in [0.25, 0.3) is 0 Å². The maximum absolute atomic E-state index is 14.0. The van der Waals surface area contributed by atoms with Gasteiger partial charge >= 0.3 is 18.4 Å². The molecular formula is C25H25F7N4O3. The van der Waals surface area contributed by atoms with Gasteiger partial charge < -0.3 is 20.2 Å². The number of carbonyl (C=O) groups is 1. The van der Waals surface area contributed by atoms with Crippen molar-refractivity contribution in [2.45, 2.75) is 12.4 Å². The largest absolute Gasteiger partial charge is 0.420 e. The van der Waals surface area contributed by atoms with Gasteiger partial charge in [0.2, 0.25) is 0 Å². The summed E-state index contributed by atoms with van der Waals surface area (Å²) in [5, 5.41) is 10.5. The number of rotatable bonds is 8. The van der Waals surface area contributed by atoms with Crippen LogP contribution in [0, 0.1) is 11.2 Å². The Morgan fingerprint density at radius 1 is 1.10 bits per heavy atom. The molecule has 1 fully saturated rings. The molecule has 14 heteroatoms. The van der Waals surface area contributed by atoms with Crippen molar-refractivity contribution in [1.82, 2.24) is 10.2 Å². The normalized spacial score (nSPS) is 15.1. The molecule has 0 aromatic heterocycles. The number of carbonyl (C=O) groups excluding carboxylic acids is 1. The summed E-state index contributed by atoms with van der Waals surface area (Å²) in [5.41, 5.74) is -4.60. The Balaban J connectivity index is 2.01. The highest BCUT2D eigenvalue weighted by atomic mass is 19.4. The monoisotopic (exact) mass is 562 g/mol. The van der Waals surface area contributed by atoms with E-state index in [0.717, 1.165) is 42.4 Å². The van der Waals surface area contributed by atoms with Crippen molar-refractivity contribution in [2.75, 3.05) is 51.3 Å². The number of benzene rings is 2. The lowest BCUT2D eigenvalue weighted by atomic mass is 9.98. The Morgan fingerprint density at radius 2 is 1.74 bits per heavy atom. The molecule has 0 spiro atoms. The first kappa shape index (κ1) is 29.9. The first-order chi connectivity index (χ1) is 18.3. The first-order valence-electron chi connectivity index (χ1n) is 11.6. The summed E-state index contributed by atoms with van der Waals surface area (Å²) < 4.78 is 106. The van der Waals surface area contributed by atoms with E-state index in [1.807, 2.05) is 4.90 Å². The Morgan fingerprint density at radius 3 is 2.31 bits per heavy atom. The summed E-state index contributed by atoms with van der Waals surface area (Å²) in [6.45, 7) is 3.16. The third-order valence-electron chi connectivity index (χ3n) is 5.80. The SMILES string of the molecule is CN(C(=O)Oc1c(/C(C=N)=C/NCCN2CCOCC2)cc(C(F)(F)F)cc1C(F)(F)F)c1ccc(F)cc1. The molecule has 0 unspecified atom stereocenters. The zero-order valence-electron chi connectivity index (χ0n) is 20.6. The van der Waals surface area contributed by atoms with Gasteiger partial charge in [-0.1, -0.05) is 0 Å². The molecule has 1 saturated heterocycles. The van der Waals surface area contributed by atoms with Crippen molar-refractivity contribution in [3.8, 4) is 5.75 Å². The summed E-state index contributed by atoms with van der Waals surface area (Å²) in [7, 11) is 1.13. The van der Waals surface area contributed by atoms with E-state index in [9.17, 15) is 35.5 Å². The molecule has 0 bridgehead atoms. The molecule has 0 saturated carbocycles. The van der Waals surface area contributed by atoms with E-state index in [4.69, 9.17) is 14.9 Å². The molecule has 2 N–H and O–H groups in total. The number of hydrogen-bond acceptors (Lipinski definition) is 6. The fourth-order valence-electron chi connectivity index (χ4n) is 3.68. The fourth-order valence-corrected chi connectivity index (χ4v) is 3.68. The van der Waals surface area contributed by atoms with E-state index in [-0.39, 0.29) is 23.9 Å². The third-order valence-corrected chi connectivity index (χ3v) is 5.80. The second-order valence-electron chi connectivity index (χ2n) is 8.45. The van der Waals surface area contributed by atoms with Crippen LogP contribution < -0.4 is 15.0 Å². The number of amides is 1. The molecule has 0 atom stereocenters. The molecule has 0 aliphatic carbocycles. The van der Waals surface area contributed by atoms with Crippen LogP contribution in [0.3, 0.4) is 0 Å². The van der Waals surface area contributed by atoms with Crippen molar-refractivity contribution in [2.24, 2.45) is 0 Å². The van der Waals surface area contributed by atoms with Gasteiger partial charge in [0, 0.05) is 62.5 Å². The van der Waals surface area contributed by atoms with Crippen molar-refractivity contribution in [1.29, 1.82) is 5.41 Å². The van der Waals surface area contributed by atoms with E-state index in [1.165, 1.54) is 0 Å². The Bertz CT molecular complexity index is 1190. The molecule has 0 radical (unpaired) electrons. The van der Waals surface area contributed by atoms with Crippen LogP contribution in [0.1, 0.15) is 16.7 Å². The van der Waals surface area contributed by atoms with E-state index in [0.29, 0.717) is 45.1 Å². The average molecular weight is 562 g/mol. The smallest absolute Gasteiger partial charge is 0.409 e. The molecule has 7 nitrogen and oxygen atoms in total. The van der Waals surface area contributed by atoms with Gasteiger partial charge in [-0.15, -0.1) is 0 Å². The van der Waals surface area contributed by atoms with Gasteiger partial charge in [0.05, 0.1) is 24.3 Å². The summed E-state index contributed by atoms with van der Waals surface area (Å²) in [5.74, 6) is -1.84. The van der Waals surface area contributed by atoms with Gasteiger partial charge in [-0.05, 0) is 36.4 Å². The predicted molar refractivity (Wildman–Crippen MR) is 129 cm³/mol. The number of morpholine rings is 1. The Hall–Kier alpha value is -3.65. The van der Waals surface area contributed by atoms with Crippen LogP contribution in [0.5, 0.6) is 5.75 Å². The van der Waals surface area contributed by atoms with E-state index < -0.39 is 46.7 Å². The Kier molecular flexibility index (Phi) is 9.56. The highest BCUT2D eigenvalue weighted by Crippen LogP contribution is 2.44. The second-order valence-corrected chi connectivity index (χ2v) is 8.45. The lowest BCUT2D eigenvalue weighted by Crippen LogP contribution is -2.39. The van der Waals surface area contributed by atoms with Crippen LogP contribution in [-0.4, -0.2) is 63.6 Å². The molecule has 212 valence electrons. The minimum absolute atomic E-state index is 0.0519. The molecule has 1 aliphatic heterocycles. The minimum atomic E-state index is -5.35. The maximum Gasteiger partial charge on any atom is 0.420 e. The molecule has 39 heavy (non-hydrogen) atoms. The first-order valence-corrected chi connectivity index (χ1v) is 11.6. The lowest BCUT2D eigenvalue weighted by molar-refractivity contribution is -0.143. The number of halogens is 7. The van der Waals surface area contributed by atoms with Crippen LogP contribution in [0.15, 0.2) is 42.6 Å². The van der Waals surface area contributed by atoms with Crippen LogP contribution in [0.2, 0.25) is 0 Å². The summed E-state index contributed by atoms with van der Waals surface area (Å²) in [6, 6.07) is 4.56. The number of anilines is 1. The van der Waals surface area contributed by atoms with Crippen LogP contribution in [0.4, 0.5) is 41.2 Å². The van der Waals surface area contributed by atoms with Crippen molar-refractivity contribution < 1.29 is 45.0 Å². The fraction of sp³-hybridized carbons (Fsp3) is 0.360. The number of nitrogens with zero attached hydrogens (tertiary/aromatic N) is 2. The zero-order valence-corrected chi connectivity index (χ0v) is 20.6. The van der Waals surface area contributed by atoms with Gasteiger partial charge in [-0.25, -0.2) is 9.18 Å². The van der Waals surface area contributed by atoms with Crippen molar-refractivity contribution in [3.63, 3.8) is 0 Å². The van der Waals surface area contributed by atoms with Crippen LogP contribution in [-0.2, 0) is 17.1 Å². The maximum atomic E-state index is 14.0. The minimum Gasteiger partial charge on any atom is -0.409 e. The number of alkyl halides is 6. The molecular weight excluding hydrogens is 537 g/mol. The number of ether oxygens (including phenoxy) is 2. The molecule has 1 heterocycles. The number of allylic oxidation sites excluding steroid dienone is 1. The average Bonchev–Trinajstić information content (AvgIpc) is 2.88. The summed E-state index contributed by atoms with van der Waals surface area (Å²) in [4.78, 5) is 15.6. The number of nitrogens with one attached hydrogen (secondary N) is 2. The van der Waals surface area contributed by atoms with Crippen LogP contribution >= 0.6 is 0 Å². The lowest BCUT2D eigenvalue weighted by Gasteiger charge is -2.26. The highest BCUT2D eigenvalue weighted by Gasteiger charge is 2.41. The summed E-state index contributed by atoms with van der Waals surface area (Å²) in [6.07, 6.45) is -10.3. The van der Waals surface area contributed by atoms with E-state index in [2.05, 4.69) is 5.32 Å². The Labute approximate surface area is 219 Å². The van der Waals surface area contributed by atoms with Gasteiger partial charge in [-0.2, -0.15) is 26.3 Å². The molecule has 2 aromatic rings. The molecule has 1 aliphatic rings. The van der Waals surface area contributed by atoms with Crippen molar-refractivity contribution >= 4 is 23.6 Å².